The number of Topliss-reactive ketones (excluding diaryl/α,β-unsaturated/α-hetero) is 1. The normalized spacial score (nSPS) is 10.5. The van der Waals surface area contributed by atoms with Gasteiger partial charge >= 0.3 is 0 Å². The lowest BCUT2D eigenvalue weighted by Crippen LogP contribution is -2.07. The minimum Gasteiger partial charge on any atom is -0.505 e. The number of ether oxygens (including phenoxy) is 2. The average molecular weight is 437 g/mol. The van der Waals surface area contributed by atoms with E-state index >= 15 is 0 Å². The molecule has 164 valence electrons. The van der Waals surface area contributed by atoms with Gasteiger partial charge in [0.05, 0.1) is 18.7 Å². The molecule has 33 heavy (non-hydrogen) atoms. The summed E-state index contributed by atoms with van der Waals surface area (Å²) in [5, 5.41) is 0.738. The van der Waals surface area contributed by atoms with Crippen LogP contribution in [0.3, 0.4) is 0 Å². The number of carbonyl (C=O) groups is 1. The predicted molar refractivity (Wildman–Crippen MR) is 127 cm³/mol. The van der Waals surface area contributed by atoms with Gasteiger partial charge in [-0.05, 0) is 54.4 Å². The van der Waals surface area contributed by atoms with Crippen molar-refractivity contribution in [2.24, 2.45) is 0 Å². The zero-order valence-electron chi connectivity index (χ0n) is 18.3. The lowest BCUT2D eigenvalue weighted by Gasteiger charge is -2.12. The van der Waals surface area contributed by atoms with Crippen molar-refractivity contribution >= 4 is 22.4 Å². The first-order chi connectivity index (χ1) is 16.2. The zero-order chi connectivity index (χ0) is 23.0. The van der Waals surface area contributed by atoms with E-state index in [-0.39, 0.29) is 5.78 Å². The summed E-state index contributed by atoms with van der Waals surface area (Å²) in [6.45, 7) is 10.1. The summed E-state index contributed by atoms with van der Waals surface area (Å²) < 4.78 is 11.8. The molecule has 0 bridgehead atoms. The molecule has 2 aromatic heterocycles. The van der Waals surface area contributed by atoms with Crippen LogP contribution in [-0.2, 0) is 17.6 Å². The number of ketones is 1. The van der Waals surface area contributed by atoms with Crippen LogP contribution in [0.1, 0.15) is 24.6 Å². The van der Waals surface area contributed by atoms with Crippen LogP contribution in [-0.4, -0.2) is 22.4 Å². The number of pyridine rings is 2. The second kappa shape index (κ2) is 10.4. The quantitative estimate of drug-likeness (QED) is 0.295. The van der Waals surface area contributed by atoms with Crippen LogP contribution in [0.25, 0.3) is 15.7 Å². The minimum atomic E-state index is 0.107. The first-order valence-corrected chi connectivity index (χ1v) is 10.8. The molecule has 2 heterocycles. The Hall–Kier alpha value is -4.24. The first-order valence-electron chi connectivity index (χ1n) is 10.8. The van der Waals surface area contributed by atoms with Crippen LogP contribution < -0.4 is 9.47 Å². The number of carbonyl (C=O) groups excluding carboxylic acids is 1. The molecule has 0 radical (unpaired) electrons. The van der Waals surface area contributed by atoms with Crippen molar-refractivity contribution < 1.29 is 14.3 Å². The molecule has 0 aliphatic heterocycles. The van der Waals surface area contributed by atoms with Crippen molar-refractivity contribution in [2.45, 2.75) is 26.2 Å². The summed E-state index contributed by atoms with van der Waals surface area (Å²) in [7, 11) is 0. The topological polar surface area (TPSA) is 65.7 Å². The van der Waals surface area contributed by atoms with Crippen LogP contribution in [0.15, 0.2) is 73.1 Å². The molecule has 0 aliphatic carbocycles. The SMILES string of the molecule is [C-]#[N+]c1cc2c(Oc3ccc(CC(=O)Cc4ccccn4)cc3)ccnc2cc1OCCC. The highest BCUT2D eigenvalue weighted by Gasteiger charge is 2.12. The van der Waals surface area contributed by atoms with Gasteiger partial charge in [-0.1, -0.05) is 25.1 Å². The van der Waals surface area contributed by atoms with Crippen molar-refractivity contribution in [3.8, 4) is 17.2 Å². The molecule has 4 aromatic rings. The Balaban J connectivity index is 1.49. The van der Waals surface area contributed by atoms with Crippen molar-refractivity contribution in [1.29, 1.82) is 0 Å². The highest BCUT2D eigenvalue weighted by molar-refractivity contribution is 5.91. The van der Waals surface area contributed by atoms with E-state index in [1.165, 1.54) is 0 Å². The summed E-state index contributed by atoms with van der Waals surface area (Å²) >= 11 is 0. The maximum atomic E-state index is 12.3. The molecule has 6 heteroatoms. The van der Waals surface area contributed by atoms with E-state index < -0.39 is 0 Å². The van der Waals surface area contributed by atoms with E-state index in [4.69, 9.17) is 16.0 Å². The summed E-state index contributed by atoms with van der Waals surface area (Å²) in [6, 6.07) is 18.3. The van der Waals surface area contributed by atoms with Gasteiger partial charge in [0.1, 0.15) is 23.0 Å². The number of benzene rings is 2. The molecule has 6 nitrogen and oxygen atoms in total. The molecular formula is C27H23N3O3. The van der Waals surface area contributed by atoms with Gasteiger partial charge < -0.3 is 9.47 Å². The Kier molecular flexibility index (Phi) is 6.91. The Morgan fingerprint density at radius 1 is 0.970 bits per heavy atom. The van der Waals surface area contributed by atoms with Gasteiger partial charge in [0.25, 0.3) is 0 Å². The van der Waals surface area contributed by atoms with Crippen molar-refractivity contribution in [3.63, 3.8) is 0 Å². The lowest BCUT2D eigenvalue weighted by molar-refractivity contribution is -0.117. The second-order valence-electron chi connectivity index (χ2n) is 7.57. The summed E-state index contributed by atoms with van der Waals surface area (Å²) in [5.74, 6) is 1.88. The van der Waals surface area contributed by atoms with Crippen molar-refractivity contribution in [2.75, 3.05) is 6.61 Å². The summed E-state index contributed by atoms with van der Waals surface area (Å²) in [6.07, 6.45) is 4.87. The third-order valence-corrected chi connectivity index (χ3v) is 5.02. The molecule has 0 atom stereocenters. The van der Waals surface area contributed by atoms with E-state index in [1.807, 2.05) is 49.4 Å². The molecule has 0 spiro atoms. The van der Waals surface area contributed by atoms with Crippen LogP contribution >= 0.6 is 0 Å². The maximum Gasteiger partial charge on any atom is 0.229 e. The minimum absolute atomic E-state index is 0.107. The van der Waals surface area contributed by atoms with E-state index in [1.54, 1.807) is 30.6 Å². The number of rotatable bonds is 9. The fourth-order valence-corrected chi connectivity index (χ4v) is 3.44. The Labute approximate surface area is 192 Å². The third-order valence-electron chi connectivity index (χ3n) is 5.02. The molecule has 0 aliphatic rings. The van der Waals surface area contributed by atoms with Gasteiger partial charge in [0, 0.05) is 36.3 Å². The van der Waals surface area contributed by atoms with Gasteiger partial charge in [0.15, 0.2) is 0 Å². The Bertz CT molecular complexity index is 1300. The third kappa shape index (κ3) is 5.52. The standard InChI is InChI=1S/C27H23N3O3/c1-3-14-32-27-18-24-23(17-25(27)28-2)26(11-13-30-24)33-22-9-7-19(8-10-22)15-21(31)16-20-6-4-5-12-29-20/h4-13,17-18H,3,14-16H2,1H3. The number of fused-ring (bicyclic) bond motifs is 1. The first kappa shape index (κ1) is 22.0. The van der Waals surface area contributed by atoms with E-state index in [0.717, 1.165) is 23.1 Å². The molecule has 0 amide bonds. The Morgan fingerprint density at radius 3 is 2.55 bits per heavy atom. The van der Waals surface area contributed by atoms with Gasteiger partial charge in [-0.25, -0.2) is 4.85 Å². The fraction of sp³-hybridized carbons (Fsp3) is 0.185. The molecule has 4 rings (SSSR count). The average Bonchev–Trinajstić information content (AvgIpc) is 2.84. The predicted octanol–water partition coefficient (Wildman–Crippen LogP) is 6.12. The fourth-order valence-electron chi connectivity index (χ4n) is 3.44. The second-order valence-corrected chi connectivity index (χ2v) is 7.57. The number of hydrogen-bond acceptors (Lipinski definition) is 5. The highest BCUT2D eigenvalue weighted by Crippen LogP contribution is 2.37. The monoisotopic (exact) mass is 437 g/mol. The van der Waals surface area contributed by atoms with E-state index in [2.05, 4.69) is 14.8 Å². The van der Waals surface area contributed by atoms with Crippen molar-refractivity contribution in [3.05, 3.63) is 95.7 Å². The van der Waals surface area contributed by atoms with Crippen LogP contribution in [0.4, 0.5) is 5.69 Å². The zero-order valence-corrected chi connectivity index (χ0v) is 18.3. The summed E-state index contributed by atoms with van der Waals surface area (Å²) in [5.41, 5.74) is 2.81. The number of nitrogens with zero attached hydrogens (tertiary/aromatic N) is 3. The molecule has 2 aromatic carbocycles. The molecule has 0 N–H and O–H groups in total. The molecule has 0 fully saturated rings. The molecule has 0 unspecified atom stereocenters. The van der Waals surface area contributed by atoms with Crippen LogP contribution in [0.5, 0.6) is 17.2 Å². The molecular weight excluding hydrogens is 414 g/mol. The lowest BCUT2D eigenvalue weighted by atomic mass is 10.1. The molecule has 0 saturated heterocycles. The van der Waals surface area contributed by atoms with Crippen LogP contribution in [0, 0.1) is 6.57 Å². The molecule has 0 saturated carbocycles. The van der Waals surface area contributed by atoms with Gasteiger partial charge in [-0.2, -0.15) is 0 Å². The summed E-state index contributed by atoms with van der Waals surface area (Å²) in [4.78, 5) is 24.6. The Morgan fingerprint density at radius 2 is 1.82 bits per heavy atom. The number of aromatic nitrogens is 2. The van der Waals surface area contributed by atoms with E-state index in [0.29, 0.717) is 47.9 Å². The smallest absolute Gasteiger partial charge is 0.229 e. The van der Waals surface area contributed by atoms with Crippen LogP contribution in [0.2, 0.25) is 0 Å². The van der Waals surface area contributed by atoms with E-state index in [9.17, 15) is 4.79 Å². The van der Waals surface area contributed by atoms with Gasteiger partial charge in [-0.3, -0.25) is 14.8 Å². The largest absolute Gasteiger partial charge is 0.505 e. The van der Waals surface area contributed by atoms with Crippen molar-refractivity contribution in [1.82, 2.24) is 9.97 Å². The van der Waals surface area contributed by atoms with Gasteiger partial charge in [-0.15, -0.1) is 0 Å². The number of hydrogen-bond donors (Lipinski definition) is 0. The highest BCUT2D eigenvalue weighted by atomic mass is 16.5. The maximum absolute atomic E-state index is 12.3. The van der Waals surface area contributed by atoms with Gasteiger partial charge in [0.2, 0.25) is 5.69 Å².